The van der Waals surface area contributed by atoms with E-state index in [2.05, 4.69) is 54.6 Å². The third kappa shape index (κ3) is 3.06. The standard InChI is InChI=1S/C19H19N7/c1-12-4-9-16-15(10-12)17-18(21-16)22-19(25-23-17)24-20-11-13-5-7-14(8-6-13)26(2)3/h4-11H,1-3H3,(H2,21,22,24,25)/b20-11+. The second-order valence-electron chi connectivity index (χ2n) is 6.36. The molecule has 0 amide bonds. The fourth-order valence-corrected chi connectivity index (χ4v) is 2.76. The van der Waals surface area contributed by atoms with Crippen LogP contribution in [0.15, 0.2) is 47.6 Å². The molecule has 2 aromatic heterocycles. The van der Waals surface area contributed by atoms with Gasteiger partial charge < -0.3 is 9.88 Å². The van der Waals surface area contributed by atoms with E-state index in [-0.39, 0.29) is 0 Å². The van der Waals surface area contributed by atoms with Crippen molar-refractivity contribution in [3.8, 4) is 0 Å². The van der Waals surface area contributed by atoms with Gasteiger partial charge in [0.15, 0.2) is 5.65 Å². The van der Waals surface area contributed by atoms with Gasteiger partial charge in [-0.1, -0.05) is 23.8 Å². The largest absolute Gasteiger partial charge is 0.378 e. The van der Waals surface area contributed by atoms with E-state index in [1.165, 1.54) is 5.56 Å². The molecule has 2 N–H and O–H groups in total. The van der Waals surface area contributed by atoms with E-state index in [1.807, 2.05) is 44.4 Å². The molecule has 7 heteroatoms. The number of hydrogen-bond acceptors (Lipinski definition) is 6. The second-order valence-corrected chi connectivity index (χ2v) is 6.36. The first-order valence-corrected chi connectivity index (χ1v) is 8.29. The fourth-order valence-electron chi connectivity index (χ4n) is 2.76. The van der Waals surface area contributed by atoms with Crippen molar-refractivity contribution in [1.29, 1.82) is 0 Å². The maximum Gasteiger partial charge on any atom is 0.265 e. The van der Waals surface area contributed by atoms with Crippen LogP contribution in [0.25, 0.3) is 22.1 Å². The van der Waals surface area contributed by atoms with Crippen molar-refractivity contribution in [3.05, 3.63) is 53.6 Å². The molecule has 26 heavy (non-hydrogen) atoms. The zero-order valence-corrected chi connectivity index (χ0v) is 14.9. The molecule has 0 aliphatic carbocycles. The van der Waals surface area contributed by atoms with Crippen LogP contribution < -0.4 is 10.3 Å². The van der Waals surface area contributed by atoms with Crippen LogP contribution in [0.3, 0.4) is 0 Å². The highest BCUT2D eigenvalue weighted by Gasteiger charge is 2.08. The molecule has 0 bridgehead atoms. The zero-order chi connectivity index (χ0) is 18.1. The van der Waals surface area contributed by atoms with Gasteiger partial charge in [0.25, 0.3) is 5.95 Å². The van der Waals surface area contributed by atoms with Crippen LogP contribution in [-0.4, -0.2) is 40.5 Å². The number of aromatic amines is 1. The number of hydrogen-bond donors (Lipinski definition) is 2. The molecule has 0 unspecified atom stereocenters. The number of rotatable bonds is 4. The predicted octanol–water partition coefficient (Wildman–Crippen LogP) is 3.33. The third-order valence-electron chi connectivity index (χ3n) is 4.16. The van der Waals surface area contributed by atoms with E-state index in [0.717, 1.165) is 27.7 Å². The normalized spacial score (nSPS) is 11.5. The maximum absolute atomic E-state index is 4.45. The first kappa shape index (κ1) is 16.0. The molecule has 0 spiro atoms. The van der Waals surface area contributed by atoms with Crippen LogP contribution in [0.1, 0.15) is 11.1 Å². The average molecular weight is 345 g/mol. The van der Waals surface area contributed by atoms with Gasteiger partial charge in [-0.3, -0.25) is 0 Å². The van der Waals surface area contributed by atoms with Gasteiger partial charge in [0, 0.05) is 30.7 Å². The number of nitrogens with one attached hydrogen (secondary N) is 2. The molecule has 0 saturated carbocycles. The number of anilines is 2. The van der Waals surface area contributed by atoms with Crippen molar-refractivity contribution in [1.82, 2.24) is 20.2 Å². The minimum atomic E-state index is 0.349. The molecular weight excluding hydrogens is 326 g/mol. The van der Waals surface area contributed by atoms with Gasteiger partial charge in [-0.05, 0) is 36.8 Å². The molecule has 2 aromatic carbocycles. The molecule has 0 atom stereocenters. The number of aromatic nitrogens is 4. The number of nitrogens with zero attached hydrogens (tertiary/aromatic N) is 5. The molecule has 0 fully saturated rings. The molecule has 130 valence electrons. The van der Waals surface area contributed by atoms with Gasteiger partial charge in [-0.25, -0.2) is 5.43 Å². The Balaban J connectivity index is 1.54. The van der Waals surface area contributed by atoms with Crippen molar-refractivity contribution in [3.63, 3.8) is 0 Å². The molecular formula is C19H19N7. The Hall–Kier alpha value is -3.48. The van der Waals surface area contributed by atoms with Crippen LogP contribution >= 0.6 is 0 Å². The fraction of sp³-hybridized carbons (Fsp3) is 0.158. The lowest BCUT2D eigenvalue weighted by Gasteiger charge is -2.11. The average Bonchev–Trinajstić information content (AvgIpc) is 2.99. The smallest absolute Gasteiger partial charge is 0.265 e. The number of fused-ring (bicyclic) bond motifs is 3. The van der Waals surface area contributed by atoms with E-state index in [9.17, 15) is 0 Å². The Morgan fingerprint density at radius 2 is 1.88 bits per heavy atom. The molecule has 7 nitrogen and oxygen atoms in total. The summed E-state index contributed by atoms with van der Waals surface area (Å²) >= 11 is 0. The Bertz CT molecular complexity index is 1090. The first-order valence-electron chi connectivity index (χ1n) is 8.29. The molecule has 4 aromatic rings. The summed E-state index contributed by atoms with van der Waals surface area (Å²) in [7, 11) is 4.02. The number of aryl methyl sites for hydroxylation is 1. The second kappa shape index (κ2) is 6.44. The summed E-state index contributed by atoms with van der Waals surface area (Å²) in [4.78, 5) is 9.76. The van der Waals surface area contributed by atoms with E-state index < -0.39 is 0 Å². The molecule has 0 radical (unpaired) electrons. The minimum absolute atomic E-state index is 0.349. The van der Waals surface area contributed by atoms with Gasteiger partial charge in [0.05, 0.1) is 6.21 Å². The minimum Gasteiger partial charge on any atom is -0.378 e. The van der Waals surface area contributed by atoms with Crippen molar-refractivity contribution in [2.75, 3.05) is 24.4 Å². The van der Waals surface area contributed by atoms with Crippen LogP contribution in [0.4, 0.5) is 11.6 Å². The van der Waals surface area contributed by atoms with Crippen LogP contribution in [0.5, 0.6) is 0 Å². The molecule has 4 rings (SSSR count). The van der Waals surface area contributed by atoms with E-state index >= 15 is 0 Å². The Labute approximate surface area is 150 Å². The van der Waals surface area contributed by atoms with Gasteiger partial charge in [-0.15, -0.1) is 10.2 Å². The van der Waals surface area contributed by atoms with Crippen LogP contribution in [-0.2, 0) is 0 Å². The number of hydrazone groups is 1. The van der Waals surface area contributed by atoms with Gasteiger partial charge in [0.2, 0.25) is 0 Å². The summed E-state index contributed by atoms with van der Waals surface area (Å²) < 4.78 is 0. The Morgan fingerprint density at radius 3 is 2.65 bits per heavy atom. The molecule has 0 aliphatic heterocycles. The highest BCUT2D eigenvalue weighted by atomic mass is 15.4. The van der Waals surface area contributed by atoms with Crippen molar-refractivity contribution in [2.45, 2.75) is 6.92 Å². The first-order chi connectivity index (χ1) is 12.6. The lowest BCUT2D eigenvalue weighted by molar-refractivity contribution is 1.01. The predicted molar refractivity (Wildman–Crippen MR) is 106 cm³/mol. The molecule has 0 aliphatic rings. The molecule has 0 saturated heterocycles. The maximum atomic E-state index is 4.45. The molecule has 2 heterocycles. The summed E-state index contributed by atoms with van der Waals surface area (Å²) in [6.45, 7) is 2.05. The quantitative estimate of drug-likeness (QED) is 0.438. The van der Waals surface area contributed by atoms with Gasteiger partial charge in [-0.2, -0.15) is 10.1 Å². The van der Waals surface area contributed by atoms with E-state index in [1.54, 1.807) is 6.21 Å². The Morgan fingerprint density at radius 1 is 1.08 bits per heavy atom. The van der Waals surface area contributed by atoms with E-state index in [0.29, 0.717) is 11.6 Å². The summed E-state index contributed by atoms with van der Waals surface area (Å²) in [5.74, 6) is 0.349. The van der Waals surface area contributed by atoms with Crippen molar-refractivity contribution < 1.29 is 0 Å². The van der Waals surface area contributed by atoms with Crippen molar-refractivity contribution >= 4 is 39.9 Å². The highest BCUT2D eigenvalue weighted by molar-refractivity contribution is 6.03. The van der Waals surface area contributed by atoms with Gasteiger partial charge in [0.1, 0.15) is 5.52 Å². The monoisotopic (exact) mass is 345 g/mol. The Kier molecular flexibility index (Phi) is 3.96. The highest BCUT2D eigenvalue weighted by Crippen LogP contribution is 2.23. The van der Waals surface area contributed by atoms with E-state index in [4.69, 9.17) is 0 Å². The topological polar surface area (TPSA) is 82.1 Å². The lowest BCUT2D eigenvalue weighted by Crippen LogP contribution is -2.08. The van der Waals surface area contributed by atoms with Gasteiger partial charge >= 0.3 is 0 Å². The summed E-state index contributed by atoms with van der Waals surface area (Å²) in [5.41, 5.74) is 8.58. The van der Waals surface area contributed by atoms with Crippen molar-refractivity contribution in [2.24, 2.45) is 5.10 Å². The third-order valence-corrected chi connectivity index (χ3v) is 4.16. The summed E-state index contributed by atoms with van der Waals surface area (Å²) in [6.07, 6.45) is 1.72. The summed E-state index contributed by atoms with van der Waals surface area (Å²) in [6, 6.07) is 14.2. The van der Waals surface area contributed by atoms with Crippen LogP contribution in [0, 0.1) is 6.92 Å². The lowest BCUT2D eigenvalue weighted by atomic mass is 10.2. The van der Waals surface area contributed by atoms with Crippen LogP contribution in [0.2, 0.25) is 0 Å². The summed E-state index contributed by atoms with van der Waals surface area (Å²) in [5, 5.41) is 13.6. The SMILES string of the molecule is Cc1ccc2[nH]c3nc(N/N=C/c4ccc(N(C)C)cc4)nnc3c2c1. The zero-order valence-electron chi connectivity index (χ0n) is 14.9. The number of benzene rings is 2. The number of H-pyrrole nitrogens is 1.